The number of anilines is 1. The van der Waals surface area contributed by atoms with Gasteiger partial charge < -0.3 is 9.26 Å². The van der Waals surface area contributed by atoms with Crippen LogP contribution >= 0.6 is 0 Å². The van der Waals surface area contributed by atoms with Gasteiger partial charge in [-0.2, -0.15) is 4.98 Å². The Morgan fingerprint density at radius 2 is 1.66 bits per heavy atom. The molecule has 0 aliphatic carbocycles. The Balaban J connectivity index is 2.03. The summed E-state index contributed by atoms with van der Waals surface area (Å²) in [6.45, 7) is 7.71. The number of rotatable bonds is 6. The van der Waals surface area contributed by atoms with E-state index < -0.39 is 10.0 Å². The highest BCUT2D eigenvalue weighted by atomic mass is 32.2. The molecule has 0 saturated heterocycles. The van der Waals surface area contributed by atoms with Gasteiger partial charge in [0.05, 0.1) is 24.2 Å². The maximum absolute atomic E-state index is 13.4. The van der Waals surface area contributed by atoms with Crippen LogP contribution in [0, 0.1) is 6.92 Å². The Morgan fingerprint density at radius 3 is 2.17 bits per heavy atom. The van der Waals surface area contributed by atoms with Crippen LogP contribution in [-0.4, -0.2) is 25.7 Å². The van der Waals surface area contributed by atoms with Gasteiger partial charge in [-0.1, -0.05) is 43.6 Å². The van der Waals surface area contributed by atoms with Crippen molar-refractivity contribution in [1.29, 1.82) is 0 Å². The Morgan fingerprint density at radius 1 is 1.03 bits per heavy atom. The Labute approximate surface area is 171 Å². The van der Waals surface area contributed by atoms with Crippen molar-refractivity contribution in [3.05, 3.63) is 65.8 Å². The van der Waals surface area contributed by atoms with Crippen LogP contribution in [0.25, 0.3) is 0 Å². The van der Waals surface area contributed by atoms with Crippen LogP contribution < -0.4 is 9.04 Å². The van der Waals surface area contributed by atoms with Gasteiger partial charge in [0, 0.05) is 5.41 Å². The lowest BCUT2D eigenvalue weighted by atomic mass is 9.97. The van der Waals surface area contributed by atoms with Gasteiger partial charge in [0.2, 0.25) is 5.89 Å². The first-order chi connectivity index (χ1) is 13.6. The molecule has 0 unspecified atom stereocenters. The zero-order valence-electron chi connectivity index (χ0n) is 17.2. The number of hydrogen-bond donors (Lipinski definition) is 0. The molecule has 1 heterocycles. The van der Waals surface area contributed by atoms with E-state index in [9.17, 15) is 8.42 Å². The zero-order chi connectivity index (χ0) is 21.2. The van der Waals surface area contributed by atoms with Gasteiger partial charge in [0.25, 0.3) is 10.0 Å². The molecule has 154 valence electrons. The van der Waals surface area contributed by atoms with Crippen LogP contribution in [0.3, 0.4) is 0 Å². The molecule has 1 aromatic heterocycles. The van der Waals surface area contributed by atoms with Crippen LogP contribution in [0.4, 0.5) is 5.69 Å². The lowest BCUT2D eigenvalue weighted by molar-refractivity contribution is 0.318. The smallest absolute Gasteiger partial charge is 0.264 e. The summed E-state index contributed by atoms with van der Waals surface area (Å²) in [6.07, 6.45) is 0. The molecule has 3 rings (SSSR count). The molecule has 0 N–H and O–H groups in total. The molecule has 0 radical (unpaired) electrons. The second-order valence-electron chi connectivity index (χ2n) is 7.79. The van der Waals surface area contributed by atoms with Crippen molar-refractivity contribution in [2.24, 2.45) is 0 Å². The van der Waals surface area contributed by atoms with Crippen LogP contribution in [-0.2, 0) is 22.0 Å². The van der Waals surface area contributed by atoms with Gasteiger partial charge in [0.1, 0.15) is 5.75 Å². The first-order valence-corrected chi connectivity index (χ1v) is 10.6. The summed E-state index contributed by atoms with van der Waals surface area (Å²) in [5, 5.41) is 3.99. The van der Waals surface area contributed by atoms with Gasteiger partial charge in [-0.15, -0.1) is 0 Å². The molecule has 7 nitrogen and oxygen atoms in total. The van der Waals surface area contributed by atoms with Crippen molar-refractivity contribution in [3.8, 4) is 5.75 Å². The number of nitrogens with zero attached hydrogens (tertiary/aromatic N) is 3. The molecule has 0 saturated carbocycles. The minimum Gasteiger partial charge on any atom is -0.497 e. The van der Waals surface area contributed by atoms with Gasteiger partial charge >= 0.3 is 0 Å². The van der Waals surface area contributed by atoms with E-state index in [1.54, 1.807) is 55.6 Å². The number of benzene rings is 2. The normalized spacial score (nSPS) is 12.0. The van der Waals surface area contributed by atoms with E-state index in [2.05, 4.69) is 10.1 Å². The fraction of sp³-hybridized carbons (Fsp3) is 0.333. The van der Waals surface area contributed by atoms with Crippen molar-refractivity contribution in [2.75, 3.05) is 11.4 Å². The summed E-state index contributed by atoms with van der Waals surface area (Å²) in [6, 6.07) is 13.5. The van der Waals surface area contributed by atoms with E-state index in [0.29, 0.717) is 23.2 Å². The number of aryl methyl sites for hydroxylation is 1. The van der Waals surface area contributed by atoms with E-state index in [0.717, 1.165) is 5.56 Å². The highest BCUT2D eigenvalue weighted by Gasteiger charge is 2.28. The van der Waals surface area contributed by atoms with Crippen LogP contribution in [0.15, 0.2) is 57.9 Å². The van der Waals surface area contributed by atoms with Crippen molar-refractivity contribution < 1.29 is 17.7 Å². The average Bonchev–Trinajstić information content (AvgIpc) is 3.16. The summed E-state index contributed by atoms with van der Waals surface area (Å²) in [7, 11) is -2.29. The molecule has 0 spiro atoms. The van der Waals surface area contributed by atoms with Crippen LogP contribution in [0.5, 0.6) is 5.75 Å². The Kier molecular flexibility index (Phi) is 5.66. The third kappa shape index (κ3) is 4.59. The highest BCUT2D eigenvalue weighted by molar-refractivity contribution is 7.92. The minimum atomic E-state index is -3.84. The maximum Gasteiger partial charge on any atom is 0.264 e. The van der Waals surface area contributed by atoms with E-state index in [-0.39, 0.29) is 16.9 Å². The highest BCUT2D eigenvalue weighted by Crippen LogP contribution is 2.28. The summed E-state index contributed by atoms with van der Waals surface area (Å²) in [4.78, 5) is 4.59. The van der Waals surface area contributed by atoms with Crippen molar-refractivity contribution in [2.45, 2.75) is 44.6 Å². The van der Waals surface area contributed by atoms with Crippen molar-refractivity contribution in [1.82, 2.24) is 10.1 Å². The number of aromatic nitrogens is 2. The molecule has 2 aromatic carbocycles. The SMILES string of the molecule is COc1ccc(N(Cc2noc(C(C)(C)C)n2)S(=O)(=O)c2ccc(C)cc2)cc1. The molecule has 8 heteroatoms. The minimum absolute atomic E-state index is 0.0535. The largest absolute Gasteiger partial charge is 0.497 e. The number of methoxy groups -OCH3 is 1. The molecule has 0 bridgehead atoms. The lowest BCUT2D eigenvalue weighted by Gasteiger charge is -2.23. The first-order valence-electron chi connectivity index (χ1n) is 9.18. The molecule has 0 fully saturated rings. The first kappa shape index (κ1) is 20.9. The van der Waals surface area contributed by atoms with E-state index in [4.69, 9.17) is 9.26 Å². The second-order valence-corrected chi connectivity index (χ2v) is 9.65. The molecule has 0 amide bonds. The molecule has 0 aliphatic heterocycles. The number of sulfonamides is 1. The number of hydrogen-bond acceptors (Lipinski definition) is 6. The number of ether oxygens (including phenoxy) is 1. The maximum atomic E-state index is 13.4. The monoisotopic (exact) mass is 415 g/mol. The van der Waals surface area contributed by atoms with E-state index in [1.807, 2.05) is 27.7 Å². The third-order valence-corrected chi connectivity index (χ3v) is 6.15. The van der Waals surface area contributed by atoms with Gasteiger partial charge in [-0.3, -0.25) is 4.31 Å². The van der Waals surface area contributed by atoms with E-state index in [1.165, 1.54) is 4.31 Å². The van der Waals surface area contributed by atoms with Gasteiger partial charge in [-0.05, 0) is 43.3 Å². The zero-order valence-corrected chi connectivity index (χ0v) is 18.0. The third-order valence-electron chi connectivity index (χ3n) is 4.36. The summed E-state index contributed by atoms with van der Waals surface area (Å²) >= 11 is 0. The fourth-order valence-corrected chi connectivity index (χ4v) is 4.07. The van der Waals surface area contributed by atoms with Crippen molar-refractivity contribution >= 4 is 15.7 Å². The lowest BCUT2D eigenvalue weighted by Crippen LogP contribution is -2.31. The molecule has 3 aromatic rings. The summed E-state index contributed by atoms with van der Waals surface area (Å²) in [5.74, 6) is 1.38. The summed E-state index contributed by atoms with van der Waals surface area (Å²) in [5.41, 5.74) is 1.13. The molecular weight excluding hydrogens is 390 g/mol. The predicted molar refractivity (Wildman–Crippen MR) is 111 cm³/mol. The Hall–Kier alpha value is -2.87. The van der Waals surface area contributed by atoms with Crippen LogP contribution in [0.2, 0.25) is 0 Å². The van der Waals surface area contributed by atoms with Gasteiger partial charge in [0.15, 0.2) is 5.82 Å². The molecule has 0 atom stereocenters. The topological polar surface area (TPSA) is 85.5 Å². The molecule has 29 heavy (non-hydrogen) atoms. The van der Waals surface area contributed by atoms with Crippen molar-refractivity contribution in [3.63, 3.8) is 0 Å². The standard InChI is InChI=1S/C21H25N3O4S/c1-15-6-12-18(13-7-15)29(25,26)24(16-8-10-17(27-5)11-9-16)14-19-22-20(28-23-19)21(2,3)4/h6-13H,14H2,1-5H3. The fourth-order valence-electron chi connectivity index (χ4n) is 2.65. The Bertz CT molecular complexity index is 1070. The quantitative estimate of drug-likeness (QED) is 0.603. The molecular formula is C21H25N3O4S. The summed E-state index contributed by atoms with van der Waals surface area (Å²) < 4.78 is 38.6. The van der Waals surface area contributed by atoms with Gasteiger partial charge in [-0.25, -0.2) is 8.42 Å². The molecule has 0 aliphatic rings. The van der Waals surface area contributed by atoms with E-state index >= 15 is 0 Å². The second kappa shape index (κ2) is 7.87. The van der Waals surface area contributed by atoms with Crippen LogP contribution in [0.1, 0.15) is 38.0 Å². The predicted octanol–water partition coefficient (Wildman–Crippen LogP) is 4.08. The average molecular weight is 416 g/mol.